The molecule has 4 amide bonds. The van der Waals surface area contributed by atoms with Crippen LogP contribution in [0.4, 0.5) is 0 Å². The lowest BCUT2D eigenvalue weighted by atomic mass is 10.1. The molecular formula is C35H37N3O6S. The smallest absolute Gasteiger partial charge is 0.261 e. The molecule has 0 unspecified atom stereocenters. The van der Waals surface area contributed by atoms with Crippen LogP contribution in [0.3, 0.4) is 0 Å². The van der Waals surface area contributed by atoms with Crippen LogP contribution in [0.1, 0.15) is 79.1 Å². The predicted octanol–water partition coefficient (Wildman–Crippen LogP) is 5.49. The predicted molar refractivity (Wildman–Crippen MR) is 171 cm³/mol. The molecule has 45 heavy (non-hydrogen) atoms. The largest absolute Gasteiger partial charge is 0.492 e. The van der Waals surface area contributed by atoms with Crippen LogP contribution < -0.4 is 4.74 Å². The van der Waals surface area contributed by atoms with Crippen molar-refractivity contribution in [1.82, 2.24) is 14.7 Å². The number of carbonyl (C=O) groups is 4. The highest BCUT2D eigenvalue weighted by Gasteiger charge is 2.35. The molecule has 6 rings (SSSR count). The summed E-state index contributed by atoms with van der Waals surface area (Å²) in [5.41, 5.74) is 3.11. The maximum absolute atomic E-state index is 12.7. The van der Waals surface area contributed by atoms with Crippen molar-refractivity contribution >= 4 is 35.7 Å². The Morgan fingerprint density at radius 1 is 0.667 bits per heavy atom. The van der Waals surface area contributed by atoms with Crippen molar-refractivity contribution in [2.45, 2.75) is 43.4 Å². The number of ether oxygens (including phenoxy) is 1. The fourth-order valence-electron chi connectivity index (χ4n) is 6.13. The highest BCUT2D eigenvalue weighted by molar-refractivity contribution is 7.94. The summed E-state index contributed by atoms with van der Waals surface area (Å²) in [4.78, 5) is 56.9. The Balaban J connectivity index is 0.990. The molecule has 0 bridgehead atoms. The summed E-state index contributed by atoms with van der Waals surface area (Å²) < 4.78 is 11.9. The van der Waals surface area contributed by atoms with E-state index in [-0.39, 0.29) is 23.6 Å². The van der Waals surface area contributed by atoms with Crippen LogP contribution in [0.25, 0.3) is 0 Å². The zero-order valence-corrected chi connectivity index (χ0v) is 26.1. The molecule has 0 radical (unpaired) electrons. The van der Waals surface area contributed by atoms with E-state index in [0.29, 0.717) is 61.3 Å². The second kappa shape index (κ2) is 14.4. The highest BCUT2D eigenvalue weighted by Crippen LogP contribution is 2.36. The van der Waals surface area contributed by atoms with Crippen molar-refractivity contribution < 1.29 is 28.1 Å². The van der Waals surface area contributed by atoms with Crippen molar-refractivity contribution in [2.75, 3.05) is 45.9 Å². The summed E-state index contributed by atoms with van der Waals surface area (Å²) in [6.07, 6.45) is 5.04. The van der Waals surface area contributed by atoms with E-state index in [1.807, 2.05) is 12.1 Å². The number of para-hydroxylation sites is 1. The SMILES string of the molecule is O=C1c2ccccc2C(=O)N1CCCCN(CCCCN1C(=O)c2ccccc2C1=O)CCOSc1cccc2c1OCCC2. The molecule has 0 atom stereocenters. The van der Waals surface area contributed by atoms with Gasteiger partial charge in [-0.05, 0) is 87.5 Å². The molecule has 0 saturated carbocycles. The number of imide groups is 2. The molecule has 0 N–H and O–H groups in total. The third kappa shape index (κ3) is 6.83. The van der Waals surface area contributed by atoms with Crippen LogP contribution in [-0.4, -0.2) is 84.3 Å². The Kier molecular flexibility index (Phi) is 9.93. The van der Waals surface area contributed by atoms with E-state index in [1.165, 1.54) is 27.4 Å². The van der Waals surface area contributed by atoms with Crippen LogP contribution in [0.15, 0.2) is 71.6 Å². The van der Waals surface area contributed by atoms with Crippen LogP contribution in [0.2, 0.25) is 0 Å². The molecule has 0 aliphatic carbocycles. The molecule has 3 aromatic carbocycles. The Morgan fingerprint density at radius 3 is 1.73 bits per heavy atom. The molecule has 9 nitrogen and oxygen atoms in total. The summed E-state index contributed by atoms with van der Waals surface area (Å²) in [5.74, 6) is 0.0272. The van der Waals surface area contributed by atoms with E-state index in [2.05, 4.69) is 11.0 Å². The molecule has 3 aliphatic rings. The topological polar surface area (TPSA) is 96.5 Å². The van der Waals surface area contributed by atoms with E-state index in [9.17, 15) is 19.2 Å². The number of amides is 4. The van der Waals surface area contributed by atoms with Gasteiger partial charge in [-0.15, -0.1) is 0 Å². The van der Waals surface area contributed by atoms with Gasteiger partial charge in [-0.25, -0.2) is 0 Å². The van der Waals surface area contributed by atoms with Crippen molar-refractivity contribution in [3.05, 3.63) is 94.5 Å². The number of nitrogens with zero attached hydrogens (tertiary/aromatic N) is 3. The molecule has 0 fully saturated rings. The first-order valence-electron chi connectivity index (χ1n) is 15.7. The zero-order chi connectivity index (χ0) is 31.2. The van der Waals surface area contributed by atoms with Gasteiger partial charge in [0.05, 0.1) is 40.4 Å². The third-order valence-electron chi connectivity index (χ3n) is 8.51. The maximum Gasteiger partial charge on any atom is 0.261 e. The summed E-state index contributed by atoms with van der Waals surface area (Å²) in [6, 6.07) is 20.1. The van der Waals surface area contributed by atoms with Gasteiger partial charge >= 0.3 is 0 Å². The van der Waals surface area contributed by atoms with Crippen LogP contribution >= 0.6 is 12.0 Å². The number of rotatable bonds is 15. The van der Waals surface area contributed by atoms with Crippen LogP contribution in [0.5, 0.6) is 5.75 Å². The summed E-state index contributed by atoms with van der Waals surface area (Å²) in [6.45, 7) is 4.23. The van der Waals surface area contributed by atoms with Crippen molar-refractivity contribution in [3.63, 3.8) is 0 Å². The fourth-order valence-corrected chi connectivity index (χ4v) is 6.81. The van der Waals surface area contributed by atoms with Gasteiger partial charge in [0.2, 0.25) is 0 Å². The monoisotopic (exact) mass is 627 g/mol. The van der Waals surface area contributed by atoms with E-state index >= 15 is 0 Å². The zero-order valence-electron chi connectivity index (χ0n) is 25.2. The number of carbonyl (C=O) groups excluding carboxylic acids is 4. The lowest BCUT2D eigenvalue weighted by Gasteiger charge is -2.23. The lowest BCUT2D eigenvalue weighted by Crippen LogP contribution is -2.33. The number of fused-ring (bicyclic) bond motifs is 3. The number of hydrogen-bond acceptors (Lipinski definition) is 8. The molecule has 10 heteroatoms. The minimum absolute atomic E-state index is 0.224. The van der Waals surface area contributed by atoms with Gasteiger partial charge in [0.25, 0.3) is 23.6 Å². The van der Waals surface area contributed by atoms with Gasteiger partial charge in [0.15, 0.2) is 0 Å². The standard InChI is InChI=1S/C35H37N3O6S/c39-32-26-13-1-2-14-27(26)33(40)37(32)20-7-5-18-36(22-24-44-45-30-17-9-11-25-12-10-23-43-31(25)30)19-6-8-21-38-34(41)28-15-3-4-16-29(28)35(38)42/h1-4,9,11,13-17H,5-8,10,12,18-24H2. The first-order chi connectivity index (χ1) is 22.0. The Bertz CT molecular complexity index is 1440. The number of benzene rings is 3. The average Bonchev–Trinajstić information content (AvgIpc) is 3.46. The number of hydrogen-bond donors (Lipinski definition) is 0. The molecule has 0 spiro atoms. The number of unbranched alkanes of at least 4 members (excludes halogenated alkanes) is 2. The lowest BCUT2D eigenvalue weighted by molar-refractivity contribution is 0.0637. The van der Waals surface area contributed by atoms with Crippen LogP contribution in [-0.2, 0) is 10.6 Å². The van der Waals surface area contributed by atoms with Gasteiger partial charge in [-0.2, -0.15) is 0 Å². The molecule has 0 saturated heterocycles. The van der Waals surface area contributed by atoms with Gasteiger partial charge in [-0.3, -0.25) is 29.0 Å². The maximum atomic E-state index is 12.7. The molecule has 3 aromatic rings. The second-order valence-electron chi connectivity index (χ2n) is 11.5. The van der Waals surface area contributed by atoms with Crippen molar-refractivity contribution in [2.24, 2.45) is 0 Å². The van der Waals surface area contributed by atoms with Gasteiger partial charge in [0.1, 0.15) is 5.75 Å². The Labute approximate surface area is 267 Å². The Hall–Kier alpha value is -3.99. The first-order valence-corrected chi connectivity index (χ1v) is 16.4. The van der Waals surface area contributed by atoms with Gasteiger partial charge < -0.3 is 13.8 Å². The van der Waals surface area contributed by atoms with E-state index < -0.39 is 0 Å². The highest BCUT2D eigenvalue weighted by atomic mass is 32.2. The first kappa shape index (κ1) is 31.0. The fraction of sp³-hybridized carbons (Fsp3) is 0.371. The second-order valence-corrected chi connectivity index (χ2v) is 12.3. The molecule has 3 heterocycles. The van der Waals surface area contributed by atoms with Gasteiger partial charge in [0, 0.05) is 31.7 Å². The Morgan fingerprint density at radius 2 is 1.20 bits per heavy atom. The molecule has 3 aliphatic heterocycles. The molecule has 234 valence electrons. The quantitative estimate of drug-likeness (QED) is 0.124. The summed E-state index contributed by atoms with van der Waals surface area (Å²) >= 11 is 1.34. The van der Waals surface area contributed by atoms with Crippen molar-refractivity contribution in [3.8, 4) is 5.75 Å². The average molecular weight is 628 g/mol. The molecule has 0 aromatic heterocycles. The van der Waals surface area contributed by atoms with Crippen LogP contribution in [0, 0.1) is 0 Å². The van der Waals surface area contributed by atoms with E-state index in [0.717, 1.165) is 56.0 Å². The minimum atomic E-state index is -0.224. The molecular weight excluding hydrogens is 590 g/mol. The third-order valence-corrected chi connectivity index (χ3v) is 9.29. The summed E-state index contributed by atoms with van der Waals surface area (Å²) in [5, 5.41) is 0. The number of aryl methyl sites for hydroxylation is 1. The van der Waals surface area contributed by atoms with Crippen molar-refractivity contribution in [1.29, 1.82) is 0 Å². The summed E-state index contributed by atoms with van der Waals surface area (Å²) in [7, 11) is 0. The van der Waals surface area contributed by atoms with E-state index in [1.54, 1.807) is 48.5 Å². The normalized spacial score (nSPS) is 15.5. The van der Waals surface area contributed by atoms with E-state index in [4.69, 9.17) is 8.92 Å². The van der Waals surface area contributed by atoms with Gasteiger partial charge in [-0.1, -0.05) is 36.4 Å². The minimum Gasteiger partial charge on any atom is -0.492 e.